The van der Waals surface area contributed by atoms with Gasteiger partial charge in [0.05, 0.1) is 0 Å². The highest BCUT2D eigenvalue weighted by Crippen LogP contribution is 2.30. The Bertz CT molecular complexity index is 216. The van der Waals surface area contributed by atoms with Crippen molar-refractivity contribution in [2.24, 2.45) is 0 Å². The van der Waals surface area contributed by atoms with Crippen LogP contribution in [0.15, 0.2) is 35.3 Å². The molecule has 1 N–H and O–H groups in total. The van der Waals surface area contributed by atoms with Crippen LogP contribution in [-0.4, -0.2) is 6.04 Å². The van der Waals surface area contributed by atoms with Gasteiger partial charge in [-0.05, 0) is 31.4 Å². The molecule has 1 nitrogen and oxygen atoms in total. The van der Waals surface area contributed by atoms with Crippen molar-refractivity contribution in [1.29, 1.82) is 0 Å². The van der Waals surface area contributed by atoms with Crippen molar-refractivity contribution >= 4 is 11.9 Å². The van der Waals surface area contributed by atoms with Gasteiger partial charge in [0, 0.05) is 10.9 Å². The average molecular weight is 197 g/mol. The van der Waals surface area contributed by atoms with Crippen LogP contribution < -0.4 is 4.72 Å². The summed E-state index contributed by atoms with van der Waals surface area (Å²) >= 11 is 1.62. The Balaban J connectivity index is 0.000000671. The number of rotatable bonds is 1. The highest BCUT2D eigenvalue weighted by molar-refractivity contribution is 8.01. The van der Waals surface area contributed by atoms with E-state index in [-0.39, 0.29) is 0 Å². The normalized spacial score (nSPS) is 25.1. The fraction of sp³-hybridized carbons (Fsp3) is 0.455. The van der Waals surface area contributed by atoms with E-state index in [9.17, 15) is 0 Å². The van der Waals surface area contributed by atoms with Crippen molar-refractivity contribution in [2.45, 2.75) is 33.7 Å². The van der Waals surface area contributed by atoms with Crippen LogP contribution in [0.2, 0.25) is 0 Å². The molecule has 1 unspecified atom stereocenters. The zero-order valence-electron chi connectivity index (χ0n) is 8.92. The van der Waals surface area contributed by atoms with Gasteiger partial charge in [0.2, 0.25) is 0 Å². The molecule has 74 valence electrons. The predicted octanol–water partition coefficient (Wildman–Crippen LogP) is 3.67. The third-order valence-electron chi connectivity index (χ3n) is 1.62. The summed E-state index contributed by atoms with van der Waals surface area (Å²) in [5, 5.41) is 0. The molecule has 0 aliphatic carbocycles. The summed E-state index contributed by atoms with van der Waals surface area (Å²) in [6.45, 7) is 12.1. The van der Waals surface area contributed by atoms with E-state index in [4.69, 9.17) is 0 Å². The Morgan fingerprint density at radius 2 is 2.08 bits per heavy atom. The molecule has 1 atom stereocenters. The molecule has 0 aromatic rings. The third-order valence-corrected chi connectivity index (χ3v) is 2.57. The zero-order valence-corrected chi connectivity index (χ0v) is 9.74. The molecular formula is C11H19NS. The molecule has 0 amide bonds. The minimum atomic E-state index is 0.434. The van der Waals surface area contributed by atoms with Gasteiger partial charge in [0.25, 0.3) is 0 Å². The molecular weight excluding hydrogens is 178 g/mol. The molecule has 1 saturated heterocycles. The Kier molecular flexibility index (Phi) is 6.73. The van der Waals surface area contributed by atoms with Crippen LogP contribution in [0.3, 0.4) is 0 Å². The summed E-state index contributed by atoms with van der Waals surface area (Å²) in [6.07, 6.45) is 6.18. The Morgan fingerprint density at radius 1 is 1.46 bits per heavy atom. The van der Waals surface area contributed by atoms with Gasteiger partial charge in [-0.3, -0.25) is 4.72 Å². The van der Waals surface area contributed by atoms with Gasteiger partial charge in [0.15, 0.2) is 0 Å². The Hall–Kier alpha value is -0.470. The maximum absolute atomic E-state index is 3.94. The van der Waals surface area contributed by atoms with Crippen molar-refractivity contribution in [1.82, 2.24) is 4.72 Å². The van der Waals surface area contributed by atoms with Gasteiger partial charge in [-0.15, -0.1) is 0 Å². The number of hydrogen-bond donors (Lipinski definition) is 1. The molecule has 2 heteroatoms. The second-order valence-corrected chi connectivity index (χ2v) is 3.45. The van der Waals surface area contributed by atoms with Gasteiger partial charge >= 0.3 is 0 Å². The smallest absolute Gasteiger partial charge is 0.0407 e. The minimum absolute atomic E-state index is 0.434. The van der Waals surface area contributed by atoms with Gasteiger partial charge in [-0.2, -0.15) is 0 Å². The van der Waals surface area contributed by atoms with E-state index >= 15 is 0 Å². The van der Waals surface area contributed by atoms with Crippen LogP contribution >= 0.6 is 11.9 Å². The fourth-order valence-corrected chi connectivity index (χ4v) is 1.77. The third kappa shape index (κ3) is 3.83. The van der Waals surface area contributed by atoms with Crippen molar-refractivity contribution in [2.75, 3.05) is 0 Å². The summed E-state index contributed by atoms with van der Waals surface area (Å²) in [7, 11) is 0. The van der Waals surface area contributed by atoms with Gasteiger partial charge < -0.3 is 0 Å². The number of nitrogens with one attached hydrogen (secondary N) is 1. The van der Waals surface area contributed by atoms with E-state index in [0.29, 0.717) is 6.04 Å². The van der Waals surface area contributed by atoms with E-state index < -0.39 is 0 Å². The summed E-state index contributed by atoms with van der Waals surface area (Å²) in [5.41, 5.74) is 1.30. The maximum atomic E-state index is 3.94. The van der Waals surface area contributed by atoms with Crippen LogP contribution in [-0.2, 0) is 0 Å². The van der Waals surface area contributed by atoms with E-state index in [2.05, 4.69) is 24.3 Å². The molecule has 0 spiro atoms. The molecule has 0 aromatic heterocycles. The van der Waals surface area contributed by atoms with E-state index in [0.717, 1.165) is 4.91 Å². The number of hydrogen-bond acceptors (Lipinski definition) is 2. The Labute approximate surface area is 86.1 Å². The lowest BCUT2D eigenvalue weighted by atomic mass is 10.1. The topological polar surface area (TPSA) is 12.0 Å². The quantitative estimate of drug-likeness (QED) is 0.644. The first-order chi connectivity index (χ1) is 6.25. The highest BCUT2D eigenvalue weighted by Gasteiger charge is 2.18. The van der Waals surface area contributed by atoms with Crippen LogP contribution in [0.5, 0.6) is 0 Å². The molecule has 1 fully saturated rings. The fourth-order valence-electron chi connectivity index (χ4n) is 0.961. The van der Waals surface area contributed by atoms with Gasteiger partial charge in [-0.25, -0.2) is 0 Å². The largest absolute Gasteiger partial charge is 0.253 e. The molecule has 13 heavy (non-hydrogen) atoms. The summed E-state index contributed by atoms with van der Waals surface area (Å²) in [6, 6.07) is 0.434. The van der Waals surface area contributed by atoms with Crippen molar-refractivity contribution in [3.8, 4) is 0 Å². The second kappa shape index (κ2) is 6.98. The van der Waals surface area contributed by atoms with E-state index in [1.807, 2.05) is 32.9 Å². The molecule has 0 radical (unpaired) electrons. The average Bonchev–Trinajstić information content (AvgIpc) is 2.47. The van der Waals surface area contributed by atoms with Crippen molar-refractivity contribution < 1.29 is 0 Å². The molecule has 0 aromatic carbocycles. The monoisotopic (exact) mass is 197 g/mol. The van der Waals surface area contributed by atoms with Gasteiger partial charge in [0.1, 0.15) is 0 Å². The lowest BCUT2D eigenvalue weighted by Crippen LogP contribution is -2.12. The minimum Gasteiger partial charge on any atom is -0.253 e. The lowest BCUT2D eigenvalue weighted by Gasteiger charge is -2.00. The first-order valence-electron chi connectivity index (χ1n) is 4.70. The molecule has 1 heterocycles. The molecule has 1 aliphatic rings. The summed E-state index contributed by atoms with van der Waals surface area (Å²) in [4.78, 5) is 1.13. The molecule has 1 aliphatic heterocycles. The van der Waals surface area contributed by atoms with Crippen molar-refractivity contribution in [3.63, 3.8) is 0 Å². The molecule has 1 rings (SSSR count). The van der Waals surface area contributed by atoms with E-state index in [1.54, 1.807) is 11.9 Å². The van der Waals surface area contributed by atoms with Gasteiger partial charge in [-0.1, -0.05) is 38.7 Å². The number of allylic oxidation sites excluding steroid dienone is 3. The van der Waals surface area contributed by atoms with Crippen LogP contribution in [0.4, 0.5) is 0 Å². The molecule has 0 bridgehead atoms. The lowest BCUT2D eigenvalue weighted by molar-refractivity contribution is 0.839. The second-order valence-electron chi connectivity index (χ2n) is 2.51. The van der Waals surface area contributed by atoms with Crippen LogP contribution in [0.25, 0.3) is 0 Å². The van der Waals surface area contributed by atoms with Crippen LogP contribution in [0.1, 0.15) is 27.7 Å². The Morgan fingerprint density at radius 3 is 2.46 bits per heavy atom. The maximum Gasteiger partial charge on any atom is 0.0407 e. The molecule has 0 saturated carbocycles. The highest BCUT2D eigenvalue weighted by atomic mass is 32.2. The summed E-state index contributed by atoms with van der Waals surface area (Å²) < 4.78 is 3.24. The first kappa shape index (κ1) is 12.5. The van der Waals surface area contributed by atoms with Crippen LogP contribution in [0, 0.1) is 0 Å². The predicted molar refractivity (Wildman–Crippen MR) is 63.6 cm³/mol. The zero-order chi connectivity index (χ0) is 10.3. The SMILES string of the molecule is C=C1SNC(C)/C1=C/C=C\C.CC. The van der Waals surface area contributed by atoms with Crippen molar-refractivity contribution in [3.05, 3.63) is 35.3 Å². The summed E-state index contributed by atoms with van der Waals surface area (Å²) in [5.74, 6) is 0. The standard InChI is InChI=1S/C9H13NS.C2H6/c1-4-5-6-9-7(2)10-11-8(9)3;1-2/h4-7,10H,3H2,1-2H3;1-2H3/b5-4-,9-6-;. The van der Waals surface area contributed by atoms with E-state index in [1.165, 1.54) is 5.57 Å². The first-order valence-corrected chi connectivity index (χ1v) is 5.52.